The van der Waals surface area contributed by atoms with Crippen LogP contribution in [-0.2, 0) is 6.54 Å². The van der Waals surface area contributed by atoms with Gasteiger partial charge in [0.05, 0.1) is 0 Å². The average Bonchev–Trinajstić information content (AvgIpc) is 2.96. The van der Waals surface area contributed by atoms with E-state index in [0.29, 0.717) is 12.1 Å². The standard InChI is InChI=1S/C18H23N3/c1-15(17-7-10-19-11-8-17)20-18-9-12-21(14-18)13-16-5-3-2-4-6-16/h2-8,10-11,15,18,20H,9,12-14H2,1H3. The minimum absolute atomic E-state index is 0.384. The Balaban J connectivity index is 1.51. The lowest BCUT2D eigenvalue weighted by Gasteiger charge is -2.21. The smallest absolute Gasteiger partial charge is 0.0296 e. The summed E-state index contributed by atoms with van der Waals surface area (Å²) in [4.78, 5) is 6.62. The first-order valence-electron chi connectivity index (χ1n) is 7.73. The maximum Gasteiger partial charge on any atom is 0.0296 e. The Hall–Kier alpha value is -1.71. The third kappa shape index (κ3) is 3.90. The molecule has 2 unspecified atom stereocenters. The summed E-state index contributed by atoms with van der Waals surface area (Å²) < 4.78 is 0. The molecule has 1 N–H and O–H groups in total. The third-order valence-corrected chi connectivity index (χ3v) is 4.21. The number of benzene rings is 1. The second-order valence-corrected chi connectivity index (χ2v) is 5.88. The van der Waals surface area contributed by atoms with Crippen molar-refractivity contribution in [1.29, 1.82) is 0 Å². The van der Waals surface area contributed by atoms with E-state index in [1.165, 1.54) is 24.1 Å². The number of rotatable bonds is 5. The second-order valence-electron chi connectivity index (χ2n) is 5.88. The molecule has 110 valence electrons. The number of pyridine rings is 1. The predicted octanol–water partition coefficient (Wildman–Crippen LogP) is 3.01. The third-order valence-electron chi connectivity index (χ3n) is 4.21. The first-order valence-corrected chi connectivity index (χ1v) is 7.73. The van der Waals surface area contributed by atoms with E-state index < -0.39 is 0 Å². The first-order chi connectivity index (χ1) is 10.3. The molecule has 1 saturated heterocycles. The maximum atomic E-state index is 4.08. The average molecular weight is 281 g/mol. The van der Waals surface area contributed by atoms with Crippen LogP contribution in [0.1, 0.15) is 30.5 Å². The van der Waals surface area contributed by atoms with E-state index >= 15 is 0 Å². The summed E-state index contributed by atoms with van der Waals surface area (Å²) >= 11 is 0. The van der Waals surface area contributed by atoms with E-state index in [-0.39, 0.29) is 0 Å². The van der Waals surface area contributed by atoms with Crippen LogP contribution in [-0.4, -0.2) is 29.0 Å². The largest absolute Gasteiger partial charge is 0.306 e. The Morgan fingerprint density at radius 2 is 1.95 bits per heavy atom. The second kappa shape index (κ2) is 6.83. The highest BCUT2D eigenvalue weighted by atomic mass is 15.2. The lowest BCUT2D eigenvalue weighted by atomic mass is 10.1. The van der Waals surface area contributed by atoms with Gasteiger partial charge in [0.2, 0.25) is 0 Å². The lowest BCUT2D eigenvalue weighted by Crippen LogP contribution is -2.34. The van der Waals surface area contributed by atoms with Gasteiger partial charge in [-0.15, -0.1) is 0 Å². The molecule has 2 heterocycles. The molecule has 1 fully saturated rings. The fourth-order valence-electron chi connectivity index (χ4n) is 3.06. The van der Waals surface area contributed by atoms with Crippen LogP contribution in [0.25, 0.3) is 0 Å². The number of nitrogens with one attached hydrogen (secondary N) is 1. The highest BCUT2D eigenvalue weighted by Crippen LogP contribution is 2.17. The molecule has 3 rings (SSSR count). The van der Waals surface area contributed by atoms with Gasteiger partial charge in [0.25, 0.3) is 0 Å². The van der Waals surface area contributed by atoms with Crippen molar-refractivity contribution in [2.24, 2.45) is 0 Å². The van der Waals surface area contributed by atoms with Gasteiger partial charge in [-0.05, 0) is 36.6 Å². The highest BCUT2D eigenvalue weighted by Gasteiger charge is 2.23. The van der Waals surface area contributed by atoms with Gasteiger partial charge in [-0.25, -0.2) is 0 Å². The van der Waals surface area contributed by atoms with Crippen molar-refractivity contribution < 1.29 is 0 Å². The van der Waals surface area contributed by atoms with Gasteiger partial charge in [0.1, 0.15) is 0 Å². The number of hydrogen-bond donors (Lipinski definition) is 1. The Kier molecular flexibility index (Phi) is 4.63. The SMILES string of the molecule is CC(NC1CCN(Cc2ccccc2)C1)c1ccncc1. The van der Waals surface area contributed by atoms with Gasteiger partial charge in [-0.1, -0.05) is 30.3 Å². The number of nitrogens with zero attached hydrogens (tertiary/aromatic N) is 2. The summed E-state index contributed by atoms with van der Waals surface area (Å²) in [6.07, 6.45) is 4.95. The lowest BCUT2D eigenvalue weighted by molar-refractivity contribution is 0.316. The Morgan fingerprint density at radius 3 is 2.71 bits per heavy atom. The van der Waals surface area contributed by atoms with Crippen molar-refractivity contribution in [3.63, 3.8) is 0 Å². The van der Waals surface area contributed by atoms with Gasteiger partial charge < -0.3 is 5.32 Å². The van der Waals surface area contributed by atoms with Crippen molar-refractivity contribution in [1.82, 2.24) is 15.2 Å². The molecule has 1 aliphatic heterocycles. The van der Waals surface area contributed by atoms with Crippen molar-refractivity contribution in [2.75, 3.05) is 13.1 Å². The van der Waals surface area contributed by atoms with Gasteiger partial charge in [-0.3, -0.25) is 9.88 Å². The van der Waals surface area contributed by atoms with Crippen molar-refractivity contribution in [2.45, 2.75) is 32.0 Å². The minimum Gasteiger partial charge on any atom is -0.306 e. The molecule has 0 aliphatic carbocycles. The van der Waals surface area contributed by atoms with Crippen LogP contribution in [0.5, 0.6) is 0 Å². The molecule has 0 spiro atoms. The molecule has 1 aromatic heterocycles. The van der Waals surface area contributed by atoms with Crippen LogP contribution in [0, 0.1) is 0 Å². The van der Waals surface area contributed by atoms with Gasteiger partial charge in [0.15, 0.2) is 0 Å². The Bertz CT molecular complexity index is 541. The molecule has 3 nitrogen and oxygen atoms in total. The van der Waals surface area contributed by atoms with E-state index in [2.05, 4.69) is 64.6 Å². The summed E-state index contributed by atoms with van der Waals surface area (Å²) in [6.45, 7) is 5.60. The van der Waals surface area contributed by atoms with Gasteiger partial charge in [-0.2, -0.15) is 0 Å². The Labute approximate surface area is 127 Å². The van der Waals surface area contributed by atoms with E-state index in [1.54, 1.807) is 0 Å². The van der Waals surface area contributed by atoms with Crippen molar-refractivity contribution in [3.8, 4) is 0 Å². The number of aromatic nitrogens is 1. The van der Waals surface area contributed by atoms with Crippen LogP contribution in [0.15, 0.2) is 54.9 Å². The summed E-state index contributed by atoms with van der Waals surface area (Å²) in [5, 5.41) is 3.74. The summed E-state index contributed by atoms with van der Waals surface area (Å²) in [7, 11) is 0. The predicted molar refractivity (Wildman–Crippen MR) is 85.9 cm³/mol. The van der Waals surface area contributed by atoms with Crippen molar-refractivity contribution >= 4 is 0 Å². The minimum atomic E-state index is 0.384. The topological polar surface area (TPSA) is 28.2 Å². The quantitative estimate of drug-likeness (QED) is 0.913. The molecule has 1 aliphatic rings. The maximum absolute atomic E-state index is 4.08. The van der Waals surface area contributed by atoms with Crippen LogP contribution in [0.4, 0.5) is 0 Å². The van der Waals surface area contributed by atoms with E-state index in [1.807, 2.05) is 12.4 Å². The van der Waals surface area contributed by atoms with Crippen LogP contribution < -0.4 is 5.32 Å². The van der Waals surface area contributed by atoms with Gasteiger partial charge >= 0.3 is 0 Å². The normalized spacial score (nSPS) is 20.5. The molecule has 3 heteroatoms. The number of hydrogen-bond acceptors (Lipinski definition) is 3. The summed E-state index contributed by atoms with van der Waals surface area (Å²) in [5.74, 6) is 0. The Morgan fingerprint density at radius 1 is 1.19 bits per heavy atom. The fraction of sp³-hybridized carbons (Fsp3) is 0.389. The van der Waals surface area contributed by atoms with E-state index in [0.717, 1.165) is 13.1 Å². The molecule has 0 amide bonds. The summed E-state index contributed by atoms with van der Waals surface area (Å²) in [5.41, 5.74) is 2.71. The molecule has 1 aromatic carbocycles. The zero-order valence-corrected chi connectivity index (χ0v) is 12.6. The fourth-order valence-corrected chi connectivity index (χ4v) is 3.06. The van der Waals surface area contributed by atoms with E-state index in [4.69, 9.17) is 0 Å². The molecule has 0 bridgehead atoms. The monoisotopic (exact) mass is 281 g/mol. The van der Waals surface area contributed by atoms with Crippen LogP contribution in [0.3, 0.4) is 0 Å². The molecule has 0 radical (unpaired) electrons. The zero-order chi connectivity index (χ0) is 14.5. The summed E-state index contributed by atoms with van der Waals surface area (Å²) in [6, 6.07) is 15.9. The van der Waals surface area contributed by atoms with Crippen LogP contribution >= 0.6 is 0 Å². The molecule has 2 aromatic rings. The van der Waals surface area contributed by atoms with E-state index in [9.17, 15) is 0 Å². The molecule has 0 saturated carbocycles. The highest BCUT2D eigenvalue weighted by molar-refractivity contribution is 5.16. The molecular formula is C18H23N3. The van der Waals surface area contributed by atoms with Crippen LogP contribution in [0.2, 0.25) is 0 Å². The zero-order valence-electron chi connectivity index (χ0n) is 12.6. The number of likely N-dealkylation sites (tertiary alicyclic amines) is 1. The van der Waals surface area contributed by atoms with Gasteiger partial charge in [0, 0.05) is 44.1 Å². The molecule has 2 atom stereocenters. The molecule has 21 heavy (non-hydrogen) atoms. The molecular weight excluding hydrogens is 258 g/mol. The first kappa shape index (κ1) is 14.2. The van der Waals surface area contributed by atoms with Crippen molar-refractivity contribution in [3.05, 3.63) is 66.0 Å².